The zero-order chi connectivity index (χ0) is 15.7. The Labute approximate surface area is 133 Å². The zero-order valence-corrected chi connectivity index (χ0v) is 12.7. The molecule has 5 heteroatoms. The topological polar surface area (TPSA) is 59.3 Å². The number of fused-ring (bicyclic) bond motifs is 1. The molecule has 1 aromatic carbocycles. The number of rotatable bonds is 3. The maximum Gasteiger partial charge on any atom is 0.312 e. The highest BCUT2D eigenvalue weighted by atomic mass is 35.5. The molecule has 0 radical (unpaired) electrons. The van der Waals surface area contributed by atoms with Crippen molar-refractivity contribution < 1.29 is 14.7 Å². The molecule has 1 aromatic heterocycles. The van der Waals surface area contributed by atoms with E-state index in [9.17, 15) is 14.7 Å². The summed E-state index contributed by atoms with van der Waals surface area (Å²) < 4.78 is 1.84. The molecule has 1 N–H and O–H groups in total. The molecule has 114 valence electrons. The third-order valence-electron chi connectivity index (χ3n) is 4.15. The summed E-state index contributed by atoms with van der Waals surface area (Å²) in [5.74, 6) is -1.55. The molecule has 1 atom stereocenters. The number of carbonyl (C=O) groups is 2. The summed E-state index contributed by atoms with van der Waals surface area (Å²) >= 11 is 6.11. The van der Waals surface area contributed by atoms with E-state index in [0.29, 0.717) is 34.9 Å². The number of hydrogen-bond donors (Lipinski definition) is 1. The predicted molar refractivity (Wildman–Crippen MR) is 83.5 cm³/mol. The van der Waals surface area contributed by atoms with Gasteiger partial charge in [-0.05, 0) is 37.1 Å². The van der Waals surface area contributed by atoms with Gasteiger partial charge < -0.3 is 9.67 Å². The quantitative estimate of drug-likeness (QED) is 0.878. The molecule has 0 aliphatic carbocycles. The van der Waals surface area contributed by atoms with Crippen molar-refractivity contribution in [3.8, 4) is 0 Å². The van der Waals surface area contributed by atoms with Gasteiger partial charge in [-0.3, -0.25) is 9.59 Å². The van der Waals surface area contributed by atoms with E-state index in [1.165, 1.54) is 0 Å². The van der Waals surface area contributed by atoms with E-state index in [4.69, 9.17) is 11.6 Å². The van der Waals surface area contributed by atoms with Gasteiger partial charge in [0.25, 0.3) is 0 Å². The normalized spacial score (nSPS) is 17.6. The number of aliphatic carboxylic acids is 1. The average Bonchev–Trinajstić information content (AvgIpc) is 2.79. The highest BCUT2D eigenvalue weighted by Gasteiger charge is 2.28. The van der Waals surface area contributed by atoms with E-state index in [2.05, 4.69) is 0 Å². The Morgan fingerprint density at radius 1 is 1.14 bits per heavy atom. The molecule has 0 spiro atoms. The third-order valence-corrected chi connectivity index (χ3v) is 4.47. The van der Waals surface area contributed by atoms with Gasteiger partial charge in [-0.2, -0.15) is 0 Å². The molecule has 0 bridgehead atoms. The molecule has 2 aromatic rings. The van der Waals surface area contributed by atoms with Crippen molar-refractivity contribution in [2.45, 2.75) is 31.7 Å². The largest absolute Gasteiger partial charge is 0.481 e. The summed E-state index contributed by atoms with van der Waals surface area (Å²) in [7, 11) is 0. The number of nitrogens with zero attached hydrogens (tertiary/aromatic N) is 1. The van der Waals surface area contributed by atoms with Gasteiger partial charge in [0.2, 0.25) is 5.78 Å². The Morgan fingerprint density at radius 3 is 2.64 bits per heavy atom. The first-order chi connectivity index (χ1) is 10.6. The number of hydrogen-bond acceptors (Lipinski definition) is 2. The van der Waals surface area contributed by atoms with Gasteiger partial charge in [0, 0.05) is 17.8 Å². The minimum absolute atomic E-state index is 0.164. The third kappa shape index (κ3) is 2.55. The zero-order valence-electron chi connectivity index (χ0n) is 12.0. The number of ketones is 1. The van der Waals surface area contributed by atoms with Crippen LogP contribution in [-0.2, 0) is 11.3 Å². The maximum atomic E-state index is 12.7. The molecular formula is C17H16ClNO3. The smallest absolute Gasteiger partial charge is 0.312 e. The van der Waals surface area contributed by atoms with Gasteiger partial charge in [-0.25, -0.2) is 0 Å². The first kappa shape index (κ1) is 14.9. The van der Waals surface area contributed by atoms with Crippen molar-refractivity contribution in [3.05, 3.63) is 58.4 Å². The highest BCUT2D eigenvalue weighted by Crippen LogP contribution is 2.30. The molecule has 2 heterocycles. The molecule has 0 saturated heterocycles. The number of carboxylic acid groups (broad SMARTS) is 1. The minimum atomic E-state index is -0.835. The molecular weight excluding hydrogens is 302 g/mol. The van der Waals surface area contributed by atoms with E-state index in [1.54, 1.807) is 36.4 Å². The van der Waals surface area contributed by atoms with E-state index in [0.717, 1.165) is 12.8 Å². The fourth-order valence-electron chi connectivity index (χ4n) is 3.03. The lowest BCUT2D eigenvalue weighted by molar-refractivity contribution is -0.139. The fraction of sp³-hybridized carbons (Fsp3) is 0.294. The fourth-order valence-corrected chi connectivity index (χ4v) is 3.26. The first-order valence-corrected chi connectivity index (χ1v) is 7.69. The standard InChI is InChI=1S/C17H16ClNO3/c18-13-7-2-1-5-11(13)16(20)15-9-8-14-12(17(21)22)6-3-4-10-19(14)15/h1-2,5,7-9,12H,3-4,6,10H2,(H,21,22). The second-order valence-electron chi connectivity index (χ2n) is 5.49. The number of carboxylic acids is 1. The van der Waals surface area contributed by atoms with Crippen LogP contribution < -0.4 is 0 Å². The molecule has 1 unspecified atom stereocenters. The van der Waals surface area contributed by atoms with Crippen LogP contribution in [0.5, 0.6) is 0 Å². The lowest BCUT2D eigenvalue weighted by atomic mass is 10.0. The number of benzene rings is 1. The maximum absolute atomic E-state index is 12.7. The monoisotopic (exact) mass is 317 g/mol. The summed E-state index contributed by atoms with van der Waals surface area (Å²) in [5.41, 5.74) is 1.66. The number of carbonyl (C=O) groups excluding carboxylic acids is 1. The van der Waals surface area contributed by atoms with E-state index in [-0.39, 0.29) is 5.78 Å². The molecule has 1 aliphatic heterocycles. The van der Waals surface area contributed by atoms with Gasteiger partial charge in [-0.15, -0.1) is 0 Å². The van der Waals surface area contributed by atoms with Crippen LogP contribution in [0.25, 0.3) is 0 Å². The minimum Gasteiger partial charge on any atom is -0.481 e. The average molecular weight is 318 g/mol. The number of halogens is 1. The molecule has 0 fully saturated rings. The van der Waals surface area contributed by atoms with Crippen LogP contribution in [0, 0.1) is 0 Å². The summed E-state index contributed by atoms with van der Waals surface area (Å²) in [5, 5.41) is 9.81. The lowest BCUT2D eigenvalue weighted by Crippen LogP contribution is -2.17. The van der Waals surface area contributed by atoms with Crippen molar-refractivity contribution in [1.82, 2.24) is 4.57 Å². The van der Waals surface area contributed by atoms with Crippen LogP contribution in [0.1, 0.15) is 46.9 Å². The van der Waals surface area contributed by atoms with Crippen molar-refractivity contribution in [2.75, 3.05) is 0 Å². The second kappa shape index (κ2) is 5.97. The lowest BCUT2D eigenvalue weighted by Gasteiger charge is -2.13. The first-order valence-electron chi connectivity index (χ1n) is 7.31. The molecule has 0 amide bonds. The summed E-state index contributed by atoms with van der Waals surface area (Å²) in [6.45, 7) is 0.664. The van der Waals surface area contributed by atoms with E-state index in [1.807, 2.05) is 4.57 Å². The van der Waals surface area contributed by atoms with Gasteiger partial charge in [0.1, 0.15) is 0 Å². The molecule has 3 rings (SSSR count). The van der Waals surface area contributed by atoms with Crippen LogP contribution >= 0.6 is 11.6 Å². The Morgan fingerprint density at radius 2 is 1.91 bits per heavy atom. The van der Waals surface area contributed by atoms with Gasteiger partial charge >= 0.3 is 5.97 Å². The summed E-state index contributed by atoms with van der Waals surface area (Å²) in [4.78, 5) is 24.2. The number of aromatic nitrogens is 1. The van der Waals surface area contributed by atoms with Crippen molar-refractivity contribution >= 4 is 23.4 Å². The molecule has 4 nitrogen and oxygen atoms in total. The van der Waals surface area contributed by atoms with Crippen molar-refractivity contribution in [1.29, 1.82) is 0 Å². The molecule has 0 saturated carbocycles. The van der Waals surface area contributed by atoms with Crippen molar-refractivity contribution in [3.63, 3.8) is 0 Å². The highest BCUT2D eigenvalue weighted by molar-refractivity contribution is 6.34. The van der Waals surface area contributed by atoms with Crippen LogP contribution in [0.4, 0.5) is 0 Å². The van der Waals surface area contributed by atoms with Crippen LogP contribution in [0.15, 0.2) is 36.4 Å². The summed E-state index contributed by atoms with van der Waals surface area (Å²) in [6.07, 6.45) is 2.33. The predicted octanol–water partition coefficient (Wildman–Crippen LogP) is 3.72. The Balaban J connectivity index is 2.05. The Hall–Kier alpha value is -2.07. The van der Waals surface area contributed by atoms with Gasteiger partial charge in [-0.1, -0.05) is 30.2 Å². The molecule has 1 aliphatic rings. The SMILES string of the molecule is O=C(c1ccccc1Cl)c1ccc2n1CCCCC2C(=O)O. The summed E-state index contributed by atoms with van der Waals surface area (Å²) in [6, 6.07) is 10.4. The van der Waals surface area contributed by atoms with Crippen LogP contribution in [0.2, 0.25) is 5.02 Å². The van der Waals surface area contributed by atoms with E-state index >= 15 is 0 Å². The van der Waals surface area contributed by atoms with Crippen LogP contribution in [-0.4, -0.2) is 21.4 Å². The Bertz CT molecular complexity index is 735. The van der Waals surface area contributed by atoms with Gasteiger partial charge in [0.05, 0.1) is 16.6 Å². The van der Waals surface area contributed by atoms with E-state index < -0.39 is 11.9 Å². The van der Waals surface area contributed by atoms with Crippen LogP contribution in [0.3, 0.4) is 0 Å². The molecule has 22 heavy (non-hydrogen) atoms. The Kier molecular flexibility index (Phi) is 4.03. The van der Waals surface area contributed by atoms with Gasteiger partial charge in [0.15, 0.2) is 0 Å². The van der Waals surface area contributed by atoms with Crippen molar-refractivity contribution in [2.24, 2.45) is 0 Å². The second-order valence-corrected chi connectivity index (χ2v) is 5.90.